The van der Waals surface area contributed by atoms with E-state index in [9.17, 15) is 19.5 Å². The van der Waals surface area contributed by atoms with Gasteiger partial charge in [0.15, 0.2) is 5.75 Å². The molecule has 0 radical (unpaired) electrons. The van der Waals surface area contributed by atoms with E-state index in [2.05, 4.69) is 15.6 Å². The fourth-order valence-corrected chi connectivity index (χ4v) is 6.07. The minimum Gasteiger partial charge on any atom is -0.480 e. The number of rotatable bonds is 10. The number of nitrogens with zero attached hydrogens (tertiary/aromatic N) is 2. The Balaban J connectivity index is 1.28. The minimum absolute atomic E-state index is 0.00148. The molecule has 0 saturated carbocycles. The summed E-state index contributed by atoms with van der Waals surface area (Å²) in [6.45, 7) is 4.40. The maximum Gasteiger partial charge on any atom is 0.320 e. The van der Waals surface area contributed by atoms with Gasteiger partial charge in [-0.25, -0.2) is 4.79 Å². The lowest BCUT2D eigenvalue weighted by atomic mass is 9.95. The number of benzene rings is 4. The molecular weight excluding hydrogens is 594 g/mol. The van der Waals surface area contributed by atoms with Gasteiger partial charge in [0.25, 0.3) is 5.91 Å². The van der Waals surface area contributed by atoms with Crippen molar-refractivity contribution in [2.45, 2.75) is 44.8 Å². The van der Waals surface area contributed by atoms with E-state index in [0.717, 1.165) is 28.5 Å². The number of fused-ring (bicyclic) bond motifs is 1. The third-order valence-electron chi connectivity index (χ3n) is 8.20. The van der Waals surface area contributed by atoms with Crippen molar-refractivity contribution < 1.29 is 24.3 Å². The molecule has 47 heavy (non-hydrogen) atoms. The summed E-state index contributed by atoms with van der Waals surface area (Å²) >= 11 is 0. The number of amides is 3. The summed E-state index contributed by atoms with van der Waals surface area (Å²) in [5.74, 6) is -0.811. The molecule has 1 aromatic heterocycles. The number of likely N-dealkylation sites (tertiary alicyclic amines) is 1. The maximum absolute atomic E-state index is 14.0. The Hall–Kier alpha value is -5.61. The molecule has 1 fully saturated rings. The highest BCUT2D eigenvalue weighted by atomic mass is 16.7. The number of H-pyrrole nitrogens is 1. The second-order valence-electron chi connectivity index (χ2n) is 11.9. The number of nitrogens with one attached hydrogen (secondary N) is 3. The van der Waals surface area contributed by atoms with Crippen LogP contribution in [0.5, 0.6) is 5.75 Å². The fraction of sp³-hybridized carbons (Fsp3) is 0.216. The first kappa shape index (κ1) is 31.4. The van der Waals surface area contributed by atoms with Crippen molar-refractivity contribution in [1.82, 2.24) is 15.2 Å². The smallest absolute Gasteiger partial charge is 0.320 e. The van der Waals surface area contributed by atoms with Crippen LogP contribution in [-0.2, 0) is 4.79 Å². The van der Waals surface area contributed by atoms with Crippen LogP contribution in [0.1, 0.15) is 54.2 Å². The van der Waals surface area contributed by atoms with Crippen molar-refractivity contribution in [3.8, 4) is 5.75 Å². The van der Waals surface area contributed by atoms with Gasteiger partial charge in [-0.2, -0.15) is 0 Å². The molecule has 2 heterocycles. The molecule has 4 N–H and O–H groups in total. The van der Waals surface area contributed by atoms with Crippen LogP contribution in [0.25, 0.3) is 10.9 Å². The zero-order chi connectivity index (χ0) is 32.9. The Kier molecular flexibility index (Phi) is 9.21. The standard InChI is InChI=1S/C37H37N5O5/c1-24(2)39-37(46)40-27-18-20-29(21-19-27)47-42(28-9-4-3-5-10-28)35(43)26-16-14-25(15-17-26)34(41-22-8-13-33(41)36(44)45)31-23-38-32-12-7-6-11-30(31)32/h3-7,9-12,14-21,23-24,33-34,38H,8,13,22H2,1-2H3,(H,44,45)(H2,39,40,46). The van der Waals surface area contributed by atoms with E-state index in [0.29, 0.717) is 35.7 Å². The number of hydrogen-bond acceptors (Lipinski definition) is 5. The molecule has 1 saturated heterocycles. The molecule has 10 heteroatoms. The van der Waals surface area contributed by atoms with E-state index >= 15 is 0 Å². The van der Waals surface area contributed by atoms with Gasteiger partial charge in [0.1, 0.15) is 6.04 Å². The van der Waals surface area contributed by atoms with Gasteiger partial charge in [-0.05, 0) is 92.4 Å². The second kappa shape index (κ2) is 13.8. The molecule has 0 aliphatic carbocycles. The number of aromatic amines is 1. The van der Waals surface area contributed by atoms with E-state index in [1.54, 1.807) is 48.5 Å². The summed E-state index contributed by atoms with van der Waals surface area (Å²) in [6, 6.07) is 29.9. The van der Waals surface area contributed by atoms with Crippen LogP contribution >= 0.6 is 0 Å². The number of urea groups is 1. The number of hydroxylamine groups is 1. The first-order valence-corrected chi connectivity index (χ1v) is 15.7. The number of carbonyl (C=O) groups is 3. The molecule has 1 aliphatic heterocycles. The average Bonchev–Trinajstić information content (AvgIpc) is 3.73. The summed E-state index contributed by atoms with van der Waals surface area (Å²) in [7, 11) is 0. The summed E-state index contributed by atoms with van der Waals surface area (Å²) in [4.78, 5) is 49.8. The van der Waals surface area contributed by atoms with E-state index in [-0.39, 0.29) is 24.0 Å². The van der Waals surface area contributed by atoms with E-state index in [1.165, 1.54) is 5.06 Å². The van der Waals surface area contributed by atoms with Crippen molar-refractivity contribution in [2.24, 2.45) is 0 Å². The van der Waals surface area contributed by atoms with Crippen LogP contribution in [0.3, 0.4) is 0 Å². The highest BCUT2D eigenvalue weighted by molar-refractivity contribution is 6.05. The fourth-order valence-electron chi connectivity index (χ4n) is 6.07. The Bertz CT molecular complexity index is 1850. The summed E-state index contributed by atoms with van der Waals surface area (Å²) < 4.78 is 0. The first-order chi connectivity index (χ1) is 22.8. The monoisotopic (exact) mass is 631 g/mol. The predicted molar refractivity (Wildman–Crippen MR) is 182 cm³/mol. The van der Waals surface area contributed by atoms with Crippen molar-refractivity contribution >= 4 is 40.2 Å². The number of aromatic nitrogens is 1. The third kappa shape index (κ3) is 6.97. The topological polar surface area (TPSA) is 127 Å². The van der Waals surface area contributed by atoms with E-state index in [4.69, 9.17) is 4.84 Å². The average molecular weight is 632 g/mol. The van der Waals surface area contributed by atoms with Crippen LogP contribution in [0, 0.1) is 0 Å². The minimum atomic E-state index is -0.836. The molecular formula is C37H37N5O5. The molecule has 10 nitrogen and oxygen atoms in total. The van der Waals surface area contributed by atoms with Gasteiger partial charge in [0, 0.05) is 40.9 Å². The van der Waals surface area contributed by atoms with Crippen LogP contribution in [-0.4, -0.2) is 51.5 Å². The molecule has 0 spiro atoms. The quantitative estimate of drug-likeness (QED) is 0.123. The molecule has 1 aliphatic rings. The maximum atomic E-state index is 14.0. The number of para-hydroxylation sites is 2. The highest BCUT2D eigenvalue weighted by Gasteiger charge is 2.38. The Morgan fingerprint density at radius 1 is 0.915 bits per heavy atom. The largest absolute Gasteiger partial charge is 0.480 e. The Morgan fingerprint density at radius 2 is 1.62 bits per heavy atom. The molecule has 6 rings (SSSR count). The van der Waals surface area contributed by atoms with Gasteiger partial charge in [-0.1, -0.05) is 48.5 Å². The zero-order valence-corrected chi connectivity index (χ0v) is 26.2. The van der Waals surface area contributed by atoms with Crippen molar-refractivity contribution in [3.05, 3.63) is 126 Å². The van der Waals surface area contributed by atoms with Crippen LogP contribution in [0.15, 0.2) is 109 Å². The molecule has 0 bridgehead atoms. The van der Waals surface area contributed by atoms with Gasteiger partial charge >= 0.3 is 12.0 Å². The SMILES string of the molecule is CC(C)NC(=O)Nc1ccc(ON(C(=O)c2ccc(C(c3c[nH]c4ccccc34)N3CCCC3C(=O)O)cc2)c2ccccc2)cc1. The second-order valence-corrected chi connectivity index (χ2v) is 11.9. The molecule has 2 atom stereocenters. The number of hydrogen-bond donors (Lipinski definition) is 4. The third-order valence-corrected chi connectivity index (χ3v) is 8.20. The van der Waals surface area contributed by atoms with E-state index in [1.807, 2.05) is 79.5 Å². The Labute approximate surface area is 272 Å². The van der Waals surface area contributed by atoms with Crippen molar-refractivity contribution in [3.63, 3.8) is 0 Å². The summed E-state index contributed by atoms with van der Waals surface area (Å²) in [5, 5.41) is 17.9. The number of anilines is 2. The van der Waals surface area contributed by atoms with Gasteiger partial charge in [-0.15, -0.1) is 5.06 Å². The number of aliphatic carboxylic acids is 1. The number of carboxylic acids is 1. The van der Waals surface area contributed by atoms with Crippen molar-refractivity contribution in [1.29, 1.82) is 0 Å². The molecule has 4 aromatic carbocycles. The normalized spacial score (nSPS) is 15.3. The van der Waals surface area contributed by atoms with Crippen LogP contribution < -0.4 is 20.5 Å². The molecule has 2 unspecified atom stereocenters. The van der Waals surface area contributed by atoms with Crippen LogP contribution in [0.4, 0.5) is 16.2 Å². The zero-order valence-electron chi connectivity index (χ0n) is 26.2. The molecule has 5 aromatic rings. The van der Waals surface area contributed by atoms with Crippen LogP contribution in [0.2, 0.25) is 0 Å². The van der Waals surface area contributed by atoms with Gasteiger partial charge < -0.3 is 25.6 Å². The molecule has 240 valence electrons. The number of carbonyl (C=O) groups excluding carboxylic acids is 2. The Morgan fingerprint density at radius 3 is 2.32 bits per heavy atom. The number of carboxylic acid groups (broad SMARTS) is 1. The first-order valence-electron chi connectivity index (χ1n) is 15.7. The van der Waals surface area contributed by atoms with Gasteiger partial charge in [-0.3, -0.25) is 14.5 Å². The lowest BCUT2D eigenvalue weighted by Crippen LogP contribution is -2.39. The highest BCUT2D eigenvalue weighted by Crippen LogP contribution is 2.38. The summed E-state index contributed by atoms with van der Waals surface area (Å²) in [5.41, 5.74) is 4.37. The van der Waals surface area contributed by atoms with E-state index < -0.39 is 12.0 Å². The molecule has 3 amide bonds. The van der Waals surface area contributed by atoms with Gasteiger partial charge in [0.05, 0.1) is 11.7 Å². The van der Waals surface area contributed by atoms with Crippen molar-refractivity contribution in [2.75, 3.05) is 16.9 Å². The van der Waals surface area contributed by atoms with Gasteiger partial charge in [0.2, 0.25) is 0 Å². The lowest BCUT2D eigenvalue weighted by molar-refractivity contribution is -0.142. The summed E-state index contributed by atoms with van der Waals surface area (Å²) in [6.07, 6.45) is 3.32. The predicted octanol–water partition coefficient (Wildman–Crippen LogP) is 6.98. The lowest BCUT2D eigenvalue weighted by Gasteiger charge is -2.32.